The van der Waals surface area contributed by atoms with Gasteiger partial charge in [-0.1, -0.05) is 0 Å². The largest absolute Gasteiger partial charge is 0.299 e. The molecule has 0 bridgehead atoms. The fourth-order valence-electron chi connectivity index (χ4n) is 4.62. The molecule has 142 valence electrons. The molecule has 4 rings (SSSR count). The molecule has 0 unspecified atom stereocenters. The average molecular weight is 374 g/mol. The number of aryl methyl sites for hydroxylation is 1. The molecule has 0 spiro atoms. The number of hydrogen-bond donors (Lipinski definition) is 0. The molecule has 2 aliphatic heterocycles. The summed E-state index contributed by atoms with van der Waals surface area (Å²) in [6.45, 7) is 10.2. The van der Waals surface area contributed by atoms with Crippen LogP contribution in [0.2, 0.25) is 0 Å². The Balaban J connectivity index is 1.19. The zero-order chi connectivity index (χ0) is 17.8. The van der Waals surface area contributed by atoms with Crippen LogP contribution in [-0.2, 0) is 19.6 Å². The van der Waals surface area contributed by atoms with E-state index in [4.69, 9.17) is 0 Å². The number of likely N-dealkylation sites (tertiary alicyclic amines) is 2. The molecule has 0 amide bonds. The maximum absolute atomic E-state index is 4.64. The van der Waals surface area contributed by atoms with Gasteiger partial charge in [-0.25, -0.2) is 4.37 Å². The van der Waals surface area contributed by atoms with Gasteiger partial charge in [0.2, 0.25) is 0 Å². The highest BCUT2D eigenvalue weighted by Crippen LogP contribution is 2.33. The van der Waals surface area contributed by atoms with Gasteiger partial charge in [-0.05, 0) is 93.8 Å². The van der Waals surface area contributed by atoms with Crippen LogP contribution in [-0.4, -0.2) is 50.1 Å². The van der Waals surface area contributed by atoms with Gasteiger partial charge in [-0.2, -0.15) is 5.10 Å². The molecule has 2 aromatic heterocycles. The van der Waals surface area contributed by atoms with Gasteiger partial charge in [-0.15, -0.1) is 0 Å². The highest BCUT2D eigenvalue weighted by atomic mass is 32.1. The van der Waals surface area contributed by atoms with Crippen molar-refractivity contribution in [2.45, 2.75) is 52.2 Å². The minimum Gasteiger partial charge on any atom is -0.299 e. The van der Waals surface area contributed by atoms with Crippen LogP contribution in [0.5, 0.6) is 0 Å². The summed E-state index contributed by atoms with van der Waals surface area (Å²) in [4.78, 5) is 5.21. The van der Waals surface area contributed by atoms with Gasteiger partial charge in [0.15, 0.2) is 0 Å². The highest BCUT2D eigenvalue weighted by molar-refractivity contribution is 7.03. The van der Waals surface area contributed by atoms with Gasteiger partial charge in [0.05, 0.1) is 5.69 Å². The maximum atomic E-state index is 4.64. The van der Waals surface area contributed by atoms with Crippen molar-refractivity contribution in [3.05, 3.63) is 35.1 Å². The first-order chi connectivity index (χ1) is 12.8. The zero-order valence-corrected chi connectivity index (χ0v) is 16.7. The van der Waals surface area contributed by atoms with Gasteiger partial charge in [0.1, 0.15) is 0 Å². The smallest absolute Gasteiger partial charge is 0.0764 e. The predicted octanol–water partition coefficient (Wildman–Crippen LogP) is 3.48. The molecule has 2 fully saturated rings. The summed E-state index contributed by atoms with van der Waals surface area (Å²) < 4.78 is 6.25. The van der Waals surface area contributed by atoms with Crippen LogP contribution in [0.3, 0.4) is 0 Å². The van der Waals surface area contributed by atoms with Crippen LogP contribution in [0.1, 0.15) is 43.9 Å². The Morgan fingerprint density at radius 3 is 2.19 bits per heavy atom. The Morgan fingerprint density at radius 1 is 1.00 bits per heavy atom. The lowest BCUT2D eigenvalue weighted by Crippen LogP contribution is -2.40. The lowest BCUT2D eigenvalue weighted by Gasteiger charge is -2.40. The SMILES string of the molecule is CCn1ccc(CN2CCC(C3CCN(Cc4cnsc4)CC3)CC2)n1. The normalized spacial score (nSPS) is 21.4. The second-order valence-corrected chi connectivity index (χ2v) is 8.58. The number of aromatic nitrogens is 3. The van der Waals surface area contributed by atoms with E-state index in [1.807, 2.05) is 10.9 Å². The Kier molecular flexibility index (Phi) is 6.02. The van der Waals surface area contributed by atoms with Crippen LogP contribution in [0.4, 0.5) is 0 Å². The van der Waals surface area contributed by atoms with Crippen molar-refractivity contribution in [3.63, 3.8) is 0 Å². The minimum absolute atomic E-state index is 0.935. The zero-order valence-electron chi connectivity index (χ0n) is 15.9. The Hall–Kier alpha value is -1.24. The van der Waals surface area contributed by atoms with E-state index in [1.165, 1.54) is 63.1 Å². The lowest BCUT2D eigenvalue weighted by atomic mass is 9.78. The van der Waals surface area contributed by atoms with Gasteiger partial charge in [0, 0.05) is 37.4 Å². The second-order valence-electron chi connectivity index (χ2n) is 7.92. The molecule has 0 radical (unpaired) electrons. The summed E-state index contributed by atoms with van der Waals surface area (Å²) in [5, 5.41) is 6.82. The van der Waals surface area contributed by atoms with Crippen molar-refractivity contribution >= 4 is 11.5 Å². The Morgan fingerprint density at radius 2 is 1.65 bits per heavy atom. The highest BCUT2D eigenvalue weighted by Gasteiger charge is 2.29. The van der Waals surface area contributed by atoms with Crippen molar-refractivity contribution in [1.29, 1.82) is 0 Å². The number of nitrogens with zero attached hydrogens (tertiary/aromatic N) is 5. The first-order valence-corrected chi connectivity index (χ1v) is 11.0. The van der Waals surface area contributed by atoms with Crippen molar-refractivity contribution in [1.82, 2.24) is 24.0 Å². The molecule has 2 aliphatic rings. The molecular formula is C20H31N5S. The molecule has 6 heteroatoms. The first kappa shape index (κ1) is 18.1. The van der Waals surface area contributed by atoms with E-state index in [-0.39, 0.29) is 0 Å². The number of rotatable bonds is 6. The van der Waals surface area contributed by atoms with Gasteiger partial charge < -0.3 is 0 Å². The molecule has 0 N–H and O–H groups in total. The second kappa shape index (κ2) is 8.63. The van der Waals surface area contributed by atoms with Crippen LogP contribution in [0.25, 0.3) is 0 Å². The van der Waals surface area contributed by atoms with E-state index in [0.717, 1.165) is 31.5 Å². The summed E-state index contributed by atoms with van der Waals surface area (Å²) in [6, 6.07) is 2.17. The van der Waals surface area contributed by atoms with E-state index in [0.29, 0.717) is 0 Å². The third-order valence-corrected chi connectivity index (χ3v) is 6.86. The van der Waals surface area contributed by atoms with E-state index in [9.17, 15) is 0 Å². The minimum atomic E-state index is 0.935. The molecule has 26 heavy (non-hydrogen) atoms. The quantitative estimate of drug-likeness (QED) is 0.777. The van der Waals surface area contributed by atoms with Crippen molar-refractivity contribution < 1.29 is 0 Å². The molecule has 0 atom stereocenters. The molecular weight excluding hydrogens is 342 g/mol. The first-order valence-electron chi connectivity index (χ1n) is 10.2. The van der Waals surface area contributed by atoms with Crippen molar-refractivity contribution in [2.75, 3.05) is 26.2 Å². The average Bonchev–Trinajstić information content (AvgIpc) is 3.35. The summed E-state index contributed by atoms with van der Waals surface area (Å²) in [7, 11) is 0. The van der Waals surface area contributed by atoms with Gasteiger partial charge in [-0.3, -0.25) is 14.5 Å². The van der Waals surface area contributed by atoms with Gasteiger partial charge >= 0.3 is 0 Å². The molecule has 0 aromatic carbocycles. The fraction of sp³-hybridized carbons (Fsp3) is 0.700. The van der Waals surface area contributed by atoms with Gasteiger partial charge in [0.25, 0.3) is 0 Å². The van der Waals surface area contributed by atoms with E-state index < -0.39 is 0 Å². The standard InChI is InChI=1S/C20H31N5S/c1-2-25-12-7-20(22-25)15-24-10-5-19(6-11-24)18-3-8-23(9-4-18)14-17-13-21-26-16-17/h7,12-13,16,18-19H,2-6,8-11,14-15H2,1H3. The molecule has 0 saturated carbocycles. The summed E-state index contributed by atoms with van der Waals surface area (Å²) >= 11 is 1.57. The monoisotopic (exact) mass is 373 g/mol. The molecule has 2 aromatic rings. The maximum Gasteiger partial charge on any atom is 0.0764 e. The third kappa shape index (κ3) is 4.53. The van der Waals surface area contributed by atoms with E-state index in [1.54, 1.807) is 11.5 Å². The third-order valence-electron chi connectivity index (χ3n) is 6.23. The molecule has 4 heterocycles. The number of piperidine rings is 2. The summed E-state index contributed by atoms with van der Waals surface area (Å²) in [5.41, 5.74) is 2.61. The number of hydrogen-bond acceptors (Lipinski definition) is 5. The van der Waals surface area contributed by atoms with Crippen LogP contribution >= 0.6 is 11.5 Å². The molecule has 0 aliphatic carbocycles. The van der Waals surface area contributed by atoms with E-state index >= 15 is 0 Å². The van der Waals surface area contributed by atoms with Crippen LogP contribution in [0, 0.1) is 11.8 Å². The Labute approximate surface area is 161 Å². The lowest BCUT2D eigenvalue weighted by molar-refractivity contribution is 0.0904. The molecule has 5 nitrogen and oxygen atoms in total. The molecule has 2 saturated heterocycles. The predicted molar refractivity (Wildman–Crippen MR) is 106 cm³/mol. The van der Waals surface area contributed by atoms with Crippen LogP contribution in [0.15, 0.2) is 23.8 Å². The Bertz CT molecular complexity index is 652. The van der Waals surface area contributed by atoms with Crippen LogP contribution < -0.4 is 0 Å². The van der Waals surface area contributed by atoms with Crippen molar-refractivity contribution in [3.8, 4) is 0 Å². The summed E-state index contributed by atoms with van der Waals surface area (Å²) in [5.74, 6) is 1.87. The topological polar surface area (TPSA) is 37.2 Å². The summed E-state index contributed by atoms with van der Waals surface area (Å²) in [6.07, 6.45) is 9.62. The van der Waals surface area contributed by atoms with E-state index in [2.05, 4.69) is 43.8 Å². The fourth-order valence-corrected chi connectivity index (χ4v) is 5.15. The van der Waals surface area contributed by atoms with Crippen molar-refractivity contribution in [2.24, 2.45) is 11.8 Å².